The summed E-state index contributed by atoms with van der Waals surface area (Å²) < 4.78 is 3.24. The molecule has 0 unspecified atom stereocenters. The lowest BCUT2D eigenvalue weighted by Crippen LogP contribution is -2.08. The Bertz CT molecular complexity index is 612. The van der Waals surface area contributed by atoms with Gasteiger partial charge in [-0.1, -0.05) is 40.9 Å². The predicted molar refractivity (Wildman–Crippen MR) is 86.7 cm³/mol. The van der Waals surface area contributed by atoms with Crippen LogP contribution in [0.5, 0.6) is 0 Å². The molecule has 3 rings (SSSR count). The van der Waals surface area contributed by atoms with Crippen molar-refractivity contribution in [1.82, 2.24) is 9.55 Å². The molecule has 0 amide bonds. The standard InChI is InChI=1S/C16H20BrN3/c1-2-20-15(18)14(12-8-5-9-13(17)10-12)19-16(20)11-6-3-4-7-11/h5,8-11H,2-4,6-7,18H2,1H3. The first-order chi connectivity index (χ1) is 9.70. The summed E-state index contributed by atoms with van der Waals surface area (Å²) in [5.41, 5.74) is 8.36. The molecule has 1 saturated carbocycles. The lowest BCUT2D eigenvalue weighted by Gasteiger charge is -2.11. The molecule has 0 radical (unpaired) electrons. The molecule has 4 heteroatoms. The van der Waals surface area contributed by atoms with Crippen LogP contribution < -0.4 is 5.73 Å². The van der Waals surface area contributed by atoms with Crippen molar-refractivity contribution in [3.63, 3.8) is 0 Å². The van der Waals surface area contributed by atoms with Gasteiger partial charge in [0.2, 0.25) is 0 Å². The number of anilines is 1. The van der Waals surface area contributed by atoms with Crippen LogP contribution in [-0.2, 0) is 6.54 Å². The molecule has 3 nitrogen and oxygen atoms in total. The number of hydrogen-bond acceptors (Lipinski definition) is 2. The van der Waals surface area contributed by atoms with Crippen LogP contribution >= 0.6 is 15.9 Å². The number of rotatable bonds is 3. The molecule has 1 fully saturated rings. The molecular weight excluding hydrogens is 314 g/mol. The SMILES string of the molecule is CCn1c(C2CCCC2)nc(-c2cccc(Br)c2)c1N. The maximum atomic E-state index is 6.35. The van der Waals surface area contributed by atoms with Crippen LogP contribution in [0.25, 0.3) is 11.3 Å². The fourth-order valence-corrected chi connectivity index (χ4v) is 3.56. The number of hydrogen-bond donors (Lipinski definition) is 1. The number of nitrogens with two attached hydrogens (primary N) is 1. The average Bonchev–Trinajstić information content (AvgIpc) is 3.05. The van der Waals surface area contributed by atoms with E-state index in [0.717, 1.165) is 28.1 Å². The van der Waals surface area contributed by atoms with Gasteiger partial charge >= 0.3 is 0 Å². The summed E-state index contributed by atoms with van der Waals surface area (Å²) in [6.07, 6.45) is 5.11. The highest BCUT2D eigenvalue weighted by atomic mass is 79.9. The van der Waals surface area contributed by atoms with Crippen LogP contribution in [0.4, 0.5) is 5.82 Å². The Morgan fingerprint density at radius 3 is 2.75 bits per heavy atom. The zero-order chi connectivity index (χ0) is 14.1. The van der Waals surface area contributed by atoms with E-state index in [4.69, 9.17) is 10.7 Å². The number of imidazole rings is 1. The van der Waals surface area contributed by atoms with E-state index in [-0.39, 0.29) is 0 Å². The first kappa shape index (κ1) is 13.7. The van der Waals surface area contributed by atoms with Crippen molar-refractivity contribution in [1.29, 1.82) is 0 Å². The number of benzene rings is 1. The zero-order valence-corrected chi connectivity index (χ0v) is 13.4. The molecule has 0 spiro atoms. The summed E-state index contributed by atoms with van der Waals surface area (Å²) in [5, 5.41) is 0. The third-order valence-electron chi connectivity index (χ3n) is 4.17. The van der Waals surface area contributed by atoms with E-state index in [1.165, 1.54) is 31.5 Å². The van der Waals surface area contributed by atoms with E-state index >= 15 is 0 Å². The summed E-state index contributed by atoms with van der Waals surface area (Å²) in [6.45, 7) is 3.03. The quantitative estimate of drug-likeness (QED) is 0.893. The lowest BCUT2D eigenvalue weighted by molar-refractivity contribution is 0.604. The van der Waals surface area contributed by atoms with E-state index in [1.807, 2.05) is 12.1 Å². The Hall–Kier alpha value is -1.29. The lowest BCUT2D eigenvalue weighted by atomic mass is 10.1. The van der Waals surface area contributed by atoms with Crippen molar-refractivity contribution in [3.8, 4) is 11.3 Å². The van der Waals surface area contributed by atoms with E-state index in [2.05, 4.69) is 39.6 Å². The van der Waals surface area contributed by atoms with Gasteiger partial charge in [-0.2, -0.15) is 0 Å². The van der Waals surface area contributed by atoms with Gasteiger partial charge < -0.3 is 10.3 Å². The van der Waals surface area contributed by atoms with Crippen LogP contribution in [0.3, 0.4) is 0 Å². The first-order valence-electron chi connectivity index (χ1n) is 7.32. The maximum Gasteiger partial charge on any atom is 0.131 e. The molecule has 1 aliphatic rings. The Balaban J connectivity index is 2.08. The highest BCUT2D eigenvalue weighted by Gasteiger charge is 2.25. The van der Waals surface area contributed by atoms with Crippen molar-refractivity contribution in [3.05, 3.63) is 34.6 Å². The molecule has 1 heterocycles. The topological polar surface area (TPSA) is 43.8 Å². The molecule has 106 valence electrons. The van der Waals surface area contributed by atoms with Gasteiger partial charge in [-0.15, -0.1) is 0 Å². The second kappa shape index (κ2) is 5.60. The van der Waals surface area contributed by atoms with Crippen molar-refractivity contribution in [2.75, 3.05) is 5.73 Å². The minimum absolute atomic E-state index is 0.582. The van der Waals surface area contributed by atoms with E-state index < -0.39 is 0 Å². The third-order valence-corrected chi connectivity index (χ3v) is 4.66. The van der Waals surface area contributed by atoms with Gasteiger partial charge in [-0.05, 0) is 31.9 Å². The second-order valence-electron chi connectivity index (χ2n) is 5.44. The predicted octanol–water partition coefficient (Wildman–Crippen LogP) is 4.57. The molecule has 1 aliphatic carbocycles. The van der Waals surface area contributed by atoms with Gasteiger partial charge in [0.1, 0.15) is 17.3 Å². The molecule has 20 heavy (non-hydrogen) atoms. The van der Waals surface area contributed by atoms with Crippen LogP contribution in [0, 0.1) is 0 Å². The van der Waals surface area contributed by atoms with Gasteiger partial charge in [-0.3, -0.25) is 0 Å². The van der Waals surface area contributed by atoms with Crippen molar-refractivity contribution < 1.29 is 0 Å². The number of halogens is 1. The van der Waals surface area contributed by atoms with Crippen LogP contribution in [-0.4, -0.2) is 9.55 Å². The molecule has 1 aromatic heterocycles. The average molecular weight is 334 g/mol. The second-order valence-corrected chi connectivity index (χ2v) is 6.36. The van der Waals surface area contributed by atoms with Crippen molar-refractivity contribution >= 4 is 21.7 Å². The van der Waals surface area contributed by atoms with Crippen molar-refractivity contribution in [2.24, 2.45) is 0 Å². The minimum Gasteiger partial charge on any atom is -0.383 e. The normalized spacial score (nSPS) is 15.9. The molecular formula is C16H20BrN3. The molecule has 0 bridgehead atoms. The monoisotopic (exact) mass is 333 g/mol. The Morgan fingerprint density at radius 2 is 2.10 bits per heavy atom. The summed E-state index contributed by atoms with van der Waals surface area (Å²) in [5.74, 6) is 2.56. The molecule has 0 aliphatic heterocycles. The fourth-order valence-electron chi connectivity index (χ4n) is 3.16. The van der Waals surface area contributed by atoms with Gasteiger partial charge in [0.25, 0.3) is 0 Å². The van der Waals surface area contributed by atoms with E-state index in [9.17, 15) is 0 Å². The Kier molecular flexibility index (Phi) is 3.83. The number of nitrogens with zero attached hydrogens (tertiary/aromatic N) is 2. The Morgan fingerprint density at radius 1 is 1.35 bits per heavy atom. The fraction of sp³-hybridized carbons (Fsp3) is 0.438. The smallest absolute Gasteiger partial charge is 0.131 e. The van der Waals surface area contributed by atoms with E-state index in [1.54, 1.807) is 0 Å². The molecule has 1 aromatic carbocycles. The van der Waals surface area contributed by atoms with Crippen molar-refractivity contribution in [2.45, 2.75) is 45.1 Å². The van der Waals surface area contributed by atoms with Gasteiger partial charge in [0.05, 0.1) is 0 Å². The molecule has 0 atom stereocenters. The van der Waals surface area contributed by atoms with Crippen LogP contribution in [0.1, 0.15) is 44.3 Å². The first-order valence-corrected chi connectivity index (χ1v) is 8.11. The van der Waals surface area contributed by atoms with Gasteiger partial charge in [-0.25, -0.2) is 4.98 Å². The highest BCUT2D eigenvalue weighted by molar-refractivity contribution is 9.10. The summed E-state index contributed by atoms with van der Waals surface area (Å²) in [6, 6.07) is 8.20. The maximum absolute atomic E-state index is 6.35. The highest BCUT2D eigenvalue weighted by Crippen LogP contribution is 2.37. The van der Waals surface area contributed by atoms with Crippen LogP contribution in [0.15, 0.2) is 28.7 Å². The van der Waals surface area contributed by atoms with E-state index in [0.29, 0.717) is 5.92 Å². The number of nitrogen functional groups attached to an aromatic ring is 1. The summed E-state index contributed by atoms with van der Waals surface area (Å²) >= 11 is 3.52. The molecule has 2 N–H and O–H groups in total. The minimum atomic E-state index is 0.582. The number of aromatic nitrogens is 2. The third kappa shape index (κ3) is 2.37. The summed E-state index contributed by atoms with van der Waals surface area (Å²) in [7, 11) is 0. The van der Waals surface area contributed by atoms with Gasteiger partial charge in [0, 0.05) is 22.5 Å². The Labute approximate surface area is 128 Å². The molecule has 0 saturated heterocycles. The summed E-state index contributed by atoms with van der Waals surface area (Å²) in [4.78, 5) is 4.89. The molecule has 2 aromatic rings. The largest absolute Gasteiger partial charge is 0.383 e. The van der Waals surface area contributed by atoms with Gasteiger partial charge in [0.15, 0.2) is 0 Å². The van der Waals surface area contributed by atoms with Crippen LogP contribution in [0.2, 0.25) is 0 Å². The zero-order valence-electron chi connectivity index (χ0n) is 11.8.